The molecular formula is C13H13N. The highest BCUT2D eigenvalue weighted by atomic mass is 14.7. The monoisotopic (exact) mass is 183 g/mol. The number of rotatable bonds is 2. The van der Waals surface area contributed by atoms with Crippen molar-refractivity contribution in [3.63, 3.8) is 0 Å². The molecule has 0 radical (unpaired) electrons. The molecule has 1 aromatic rings. The van der Waals surface area contributed by atoms with Crippen molar-refractivity contribution in [2.75, 3.05) is 0 Å². The van der Waals surface area contributed by atoms with Gasteiger partial charge in [0.05, 0.1) is 5.69 Å². The Balaban J connectivity index is 3.03. The van der Waals surface area contributed by atoms with E-state index in [1.165, 1.54) is 5.56 Å². The van der Waals surface area contributed by atoms with Gasteiger partial charge in [0, 0.05) is 6.20 Å². The summed E-state index contributed by atoms with van der Waals surface area (Å²) in [5, 5.41) is 0. The summed E-state index contributed by atoms with van der Waals surface area (Å²) in [5.74, 6) is 2.47. The maximum Gasteiger partial charge on any atom is 0.0701 e. The van der Waals surface area contributed by atoms with Gasteiger partial charge in [0.25, 0.3) is 0 Å². The number of allylic oxidation sites excluding steroid dienone is 4. The molecule has 0 aliphatic heterocycles. The smallest absolute Gasteiger partial charge is 0.0701 e. The summed E-state index contributed by atoms with van der Waals surface area (Å²) in [7, 11) is 0. The van der Waals surface area contributed by atoms with Gasteiger partial charge >= 0.3 is 0 Å². The summed E-state index contributed by atoms with van der Waals surface area (Å²) < 4.78 is 0. The number of hydrogen-bond donors (Lipinski definition) is 0. The van der Waals surface area contributed by atoms with Crippen LogP contribution >= 0.6 is 0 Å². The van der Waals surface area contributed by atoms with E-state index < -0.39 is 0 Å². The molecule has 1 aromatic heterocycles. The predicted octanol–water partition coefficient (Wildman–Crippen LogP) is 2.98. The molecule has 0 saturated heterocycles. The SMILES string of the molecule is C#C/C=C\C(=C/C)c1cc(C)ccn1. The molecule has 14 heavy (non-hydrogen) atoms. The number of aromatic nitrogens is 1. The molecular weight excluding hydrogens is 170 g/mol. The Morgan fingerprint density at radius 2 is 2.36 bits per heavy atom. The lowest BCUT2D eigenvalue weighted by Crippen LogP contribution is -1.86. The van der Waals surface area contributed by atoms with E-state index in [4.69, 9.17) is 6.42 Å². The zero-order valence-electron chi connectivity index (χ0n) is 8.49. The van der Waals surface area contributed by atoms with Crippen LogP contribution < -0.4 is 0 Å². The molecule has 1 heteroatoms. The number of pyridine rings is 1. The Bertz CT molecular complexity index is 405. The van der Waals surface area contributed by atoms with Crippen LogP contribution in [-0.4, -0.2) is 4.98 Å². The van der Waals surface area contributed by atoms with Crippen LogP contribution in [0.15, 0.2) is 36.6 Å². The average Bonchev–Trinajstić information content (AvgIpc) is 2.19. The van der Waals surface area contributed by atoms with E-state index in [1.807, 2.05) is 38.1 Å². The van der Waals surface area contributed by atoms with Crippen molar-refractivity contribution in [1.29, 1.82) is 0 Å². The van der Waals surface area contributed by atoms with Crippen LogP contribution in [0.3, 0.4) is 0 Å². The van der Waals surface area contributed by atoms with Gasteiger partial charge in [-0.2, -0.15) is 0 Å². The second-order valence-electron chi connectivity index (χ2n) is 2.96. The number of aryl methyl sites for hydroxylation is 1. The molecule has 1 heterocycles. The maximum absolute atomic E-state index is 5.16. The van der Waals surface area contributed by atoms with Gasteiger partial charge in [0.2, 0.25) is 0 Å². The Kier molecular flexibility index (Phi) is 3.69. The first-order valence-corrected chi connectivity index (χ1v) is 4.50. The van der Waals surface area contributed by atoms with Gasteiger partial charge in [-0.1, -0.05) is 12.0 Å². The van der Waals surface area contributed by atoms with Gasteiger partial charge in [0.15, 0.2) is 0 Å². The van der Waals surface area contributed by atoms with Crippen LogP contribution in [-0.2, 0) is 0 Å². The normalized spacial score (nSPS) is 11.6. The highest BCUT2D eigenvalue weighted by molar-refractivity contribution is 5.72. The molecule has 0 saturated carbocycles. The fraction of sp³-hybridized carbons (Fsp3) is 0.154. The molecule has 0 bridgehead atoms. The minimum atomic E-state index is 0.957. The summed E-state index contributed by atoms with van der Waals surface area (Å²) in [5.41, 5.74) is 3.20. The van der Waals surface area contributed by atoms with Gasteiger partial charge in [0.1, 0.15) is 0 Å². The second kappa shape index (κ2) is 5.04. The molecule has 0 aliphatic carbocycles. The van der Waals surface area contributed by atoms with Crippen LogP contribution in [0.4, 0.5) is 0 Å². The molecule has 70 valence electrons. The fourth-order valence-corrected chi connectivity index (χ4v) is 1.16. The largest absolute Gasteiger partial charge is 0.256 e. The summed E-state index contributed by atoms with van der Waals surface area (Å²) in [4.78, 5) is 4.28. The van der Waals surface area contributed by atoms with Crippen LogP contribution in [0.1, 0.15) is 18.2 Å². The van der Waals surface area contributed by atoms with Crippen molar-refractivity contribution >= 4 is 5.57 Å². The van der Waals surface area contributed by atoms with E-state index in [1.54, 1.807) is 12.3 Å². The number of terminal acetylenes is 1. The zero-order valence-corrected chi connectivity index (χ0v) is 8.49. The molecule has 0 fully saturated rings. The quantitative estimate of drug-likeness (QED) is 0.507. The van der Waals surface area contributed by atoms with E-state index >= 15 is 0 Å². The van der Waals surface area contributed by atoms with E-state index in [2.05, 4.69) is 10.9 Å². The predicted molar refractivity (Wildman–Crippen MR) is 60.6 cm³/mol. The van der Waals surface area contributed by atoms with Gasteiger partial charge in [-0.15, -0.1) is 6.42 Å². The summed E-state index contributed by atoms with van der Waals surface area (Å²) in [6, 6.07) is 4.01. The van der Waals surface area contributed by atoms with Crippen molar-refractivity contribution in [1.82, 2.24) is 4.98 Å². The third kappa shape index (κ3) is 2.60. The highest BCUT2D eigenvalue weighted by Gasteiger charge is 1.97. The van der Waals surface area contributed by atoms with E-state index in [0.29, 0.717) is 0 Å². The Morgan fingerprint density at radius 3 is 2.93 bits per heavy atom. The lowest BCUT2D eigenvalue weighted by atomic mass is 10.1. The third-order valence-corrected chi connectivity index (χ3v) is 1.88. The van der Waals surface area contributed by atoms with Crippen molar-refractivity contribution in [2.24, 2.45) is 0 Å². The molecule has 0 N–H and O–H groups in total. The highest BCUT2D eigenvalue weighted by Crippen LogP contribution is 2.13. The molecule has 0 spiro atoms. The third-order valence-electron chi connectivity index (χ3n) is 1.88. The lowest BCUT2D eigenvalue weighted by Gasteiger charge is -2.01. The first kappa shape index (κ1) is 10.3. The zero-order chi connectivity index (χ0) is 10.4. The molecule has 1 rings (SSSR count). The van der Waals surface area contributed by atoms with Gasteiger partial charge in [-0.05, 0) is 49.3 Å². The fourth-order valence-electron chi connectivity index (χ4n) is 1.16. The van der Waals surface area contributed by atoms with E-state index in [0.717, 1.165) is 11.3 Å². The molecule has 0 amide bonds. The topological polar surface area (TPSA) is 12.9 Å². The summed E-state index contributed by atoms with van der Waals surface area (Å²) in [6.07, 6.45) is 12.5. The van der Waals surface area contributed by atoms with Crippen LogP contribution in [0.5, 0.6) is 0 Å². The summed E-state index contributed by atoms with van der Waals surface area (Å²) in [6.45, 7) is 4.02. The lowest BCUT2D eigenvalue weighted by molar-refractivity contribution is 1.24. The van der Waals surface area contributed by atoms with Gasteiger partial charge in [-0.25, -0.2) is 0 Å². The molecule has 1 nitrogen and oxygen atoms in total. The van der Waals surface area contributed by atoms with Gasteiger partial charge < -0.3 is 0 Å². The van der Waals surface area contributed by atoms with Crippen molar-refractivity contribution < 1.29 is 0 Å². The molecule has 0 aromatic carbocycles. The minimum Gasteiger partial charge on any atom is -0.256 e. The second-order valence-corrected chi connectivity index (χ2v) is 2.96. The first-order chi connectivity index (χ1) is 6.77. The summed E-state index contributed by atoms with van der Waals surface area (Å²) >= 11 is 0. The average molecular weight is 183 g/mol. The van der Waals surface area contributed by atoms with Crippen LogP contribution in [0, 0.1) is 19.3 Å². The molecule has 0 unspecified atom stereocenters. The Labute approximate surface area is 85.2 Å². The number of nitrogens with zero attached hydrogens (tertiary/aromatic N) is 1. The number of hydrogen-bond acceptors (Lipinski definition) is 1. The van der Waals surface area contributed by atoms with Gasteiger partial charge in [-0.3, -0.25) is 4.98 Å². The Morgan fingerprint density at radius 1 is 1.57 bits per heavy atom. The van der Waals surface area contributed by atoms with Crippen molar-refractivity contribution in [2.45, 2.75) is 13.8 Å². The molecule has 0 aliphatic rings. The standard InChI is InChI=1S/C13H13N/c1-4-6-7-12(5-2)13-10-11(3)8-9-14-13/h1,5-10H,2-3H3/b7-6-,12-5+. The molecule has 0 atom stereocenters. The van der Waals surface area contributed by atoms with Crippen molar-refractivity contribution in [3.8, 4) is 12.3 Å². The van der Waals surface area contributed by atoms with Crippen LogP contribution in [0.2, 0.25) is 0 Å². The van der Waals surface area contributed by atoms with E-state index in [-0.39, 0.29) is 0 Å². The maximum atomic E-state index is 5.16. The minimum absolute atomic E-state index is 0.957. The van der Waals surface area contributed by atoms with E-state index in [9.17, 15) is 0 Å². The van der Waals surface area contributed by atoms with Crippen LogP contribution in [0.25, 0.3) is 5.57 Å². The Hall–Kier alpha value is -1.81. The van der Waals surface area contributed by atoms with Crippen molar-refractivity contribution in [3.05, 3.63) is 47.8 Å². The first-order valence-electron chi connectivity index (χ1n) is 4.50.